The third-order valence-electron chi connectivity index (χ3n) is 4.53. The number of hydrogen-bond acceptors (Lipinski definition) is 2. The summed E-state index contributed by atoms with van der Waals surface area (Å²) in [5.74, 6) is 0.956. The van der Waals surface area contributed by atoms with Gasteiger partial charge in [-0.15, -0.1) is 0 Å². The maximum absolute atomic E-state index is 8.83. The van der Waals surface area contributed by atoms with Gasteiger partial charge < -0.3 is 5.32 Å². The van der Waals surface area contributed by atoms with Crippen molar-refractivity contribution < 1.29 is 0 Å². The predicted molar refractivity (Wildman–Crippen MR) is 117 cm³/mol. The van der Waals surface area contributed by atoms with Crippen molar-refractivity contribution in [3.8, 4) is 6.07 Å². The lowest BCUT2D eigenvalue weighted by Crippen LogP contribution is -2.21. The van der Waals surface area contributed by atoms with E-state index in [2.05, 4.69) is 30.4 Å². The van der Waals surface area contributed by atoms with Crippen molar-refractivity contribution in [3.63, 3.8) is 0 Å². The van der Waals surface area contributed by atoms with Gasteiger partial charge in [0.2, 0.25) is 0 Å². The minimum absolute atomic E-state index is 0.648. The number of rotatable bonds is 2. The Kier molecular flexibility index (Phi) is 12.3. The summed E-state index contributed by atoms with van der Waals surface area (Å²) in [5, 5.41) is 13.0. The fourth-order valence-electron chi connectivity index (χ4n) is 2.96. The van der Waals surface area contributed by atoms with Crippen LogP contribution in [0.1, 0.15) is 63.1 Å². The molecule has 1 N–H and O–H groups in total. The lowest BCUT2D eigenvalue weighted by molar-refractivity contribution is 0.415. The zero-order valence-corrected chi connectivity index (χ0v) is 17.7. The van der Waals surface area contributed by atoms with Crippen LogP contribution in [0.4, 0.5) is 0 Å². The van der Waals surface area contributed by atoms with E-state index in [1.165, 1.54) is 44.3 Å². The van der Waals surface area contributed by atoms with Crippen molar-refractivity contribution in [3.05, 3.63) is 70.2 Å². The molecule has 0 bridgehead atoms. The number of hydrogen-bond donors (Lipinski definition) is 1. The van der Waals surface area contributed by atoms with Crippen LogP contribution < -0.4 is 5.32 Å². The standard InChI is InChI=1S/C14H10ClN.C8H17N.C2H6/c15-14-7-6-12(10-16)9-13(14)8-11-4-2-1-3-5-11;1-8-4-2-3-6-9-7-5-8;1-2/h1-7,9H,8H2;8-9H,2-7H2,1H3;1-2H3. The van der Waals surface area contributed by atoms with E-state index in [4.69, 9.17) is 16.9 Å². The van der Waals surface area contributed by atoms with Crippen molar-refractivity contribution in [2.45, 2.75) is 52.9 Å². The quantitative estimate of drug-likeness (QED) is 0.631. The molecular formula is C24H33ClN2. The minimum Gasteiger partial charge on any atom is -0.317 e. The Balaban J connectivity index is 0.000000282. The van der Waals surface area contributed by atoms with Crippen LogP contribution in [0.2, 0.25) is 5.02 Å². The van der Waals surface area contributed by atoms with Crippen LogP contribution in [0, 0.1) is 17.2 Å². The van der Waals surface area contributed by atoms with Gasteiger partial charge in [0.15, 0.2) is 0 Å². The predicted octanol–water partition coefficient (Wildman–Crippen LogP) is 6.61. The molecular weight excluding hydrogens is 352 g/mol. The first kappa shape index (κ1) is 23.2. The van der Waals surface area contributed by atoms with Crippen molar-refractivity contribution >= 4 is 11.6 Å². The first-order valence-electron chi connectivity index (χ1n) is 10.1. The molecule has 0 amide bonds. The van der Waals surface area contributed by atoms with Gasteiger partial charge in [-0.3, -0.25) is 0 Å². The molecule has 1 saturated heterocycles. The number of nitrogens with zero attached hydrogens (tertiary/aromatic N) is 1. The zero-order chi connectivity index (χ0) is 19.9. The van der Waals surface area contributed by atoms with E-state index < -0.39 is 0 Å². The highest BCUT2D eigenvalue weighted by Gasteiger charge is 2.04. The molecule has 27 heavy (non-hydrogen) atoms. The third kappa shape index (κ3) is 9.61. The topological polar surface area (TPSA) is 35.8 Å². The molecule has 1 atom stereocenters. The van der Waals surface area contributed by atoms with Crippen LogP contribution in [-0.2, 0) is 6.42 Å². The zero-order valence-electron chi connectivity index (χ0n) is 17.0. The molecule has 0 saturated carbocycles. The fraction of sp³-hybridized carbons (Fsp3) is 0.458. The normalized spacial score (nSPS) is 16.3. The Labute approximate surface area is 170 Å². The molecule has 2 aromatic rings. The molecule has 1 fully saturated rings. The Morgan fingerprint density at radius 1 is 1.04 bits per heavy atom. The lowest BCUT2D eigenvalue weighted by Gasteiger charge is -2.15. The number of nitrogens with one attached hydrogen (secondary N) is 1. The van der Waals surface area contributed by atoms with Crippen LogP contribution in [-0.4, -0.2) is 13.1 Å². The van der Waals surface area contributed by atoms with Gasteiger partial charge in [0, 0.05) is 5.02 Å². The van der Waals surface area contributed by atoms with E-state index in [0.717, 1.165) is 17.9 Å². The summed E-state index contributed by atoms with van der Waals surface area (Å²) in [6, 6.07) is 17.6. The van der Waals surface area contributed by atoms with Crippen LogP contribution >= 0.6 is 11.6 Å². The van der Waals surface area contributed by atoms with Gasteiger partial charge in [-0.05, 0) is 67.6 Å². The second-order valence-electron chi connectivity index (χ2n) is 6.72. The molecule has 0 aliphatic carbocycles. The van der Waals surface area contributed by atoms with Gasteiger partial charge in [0.1, 0.15) is 0 Å². The van der Waals surface area contributed by atoms with Gasteiger partial charge in [0.05, 0.1) is 11.6 Å². The smallest absolute Gasteiger partial charge is 0.0991 e. The summed E-state index contributed by atoms with van der Waals surface area (Å²) >= 11 is 6.09. The van der Waals surface area contributed by atoms with Crippen LogP contribution in [0.3, 0.4) is 0 Å². The number of benzene rings is 2. The van der Waals surface area contributed by atoms with E-state index in [0.29, 0.717) is 10.6 Å². The van der Waals surface area contributed by atoms with Gasteiger partial charge in [-0.25, -0.2) is 0 Å². The molecule has 3 rings (SSSR count). The Bertz CT molecular complexity index is 669. The fourth-order valence-corrected chi connectivity index (χ4v) is 3.14. The summed E-state index contributed by atoms with van der Waals surface area (Å²) in [6.45, 7) is 8.83. The molecule has 146 valence electrons. The molecule has 1 heterocycles. The maximum atomic E-state index is 8.83. The van der Waals surface area contributed by atoms with E-state index in [1.807, 2.05) is 38.1 Å². The minimum atomic E-state index is 0.648. The molecule has 0 aromatic heterocycles. The van der Waals surface area contributed by atoms with E-state index in [9.17, 15) is 0 Å². The molecule has 2 aromatic carbocycles. The monoisotopic (exact) mass is 384 g/mol. The van der Waals surface area contributed by atoms with E-state index in [-0.39, 0.29) is 0 Å². The van der Waals surface area contributed by atoms with Crippen LogP contribution in [0.25, 0.3) is 0 Å². The molecule has 2 nitrogen and oxygen atoms in total. The van der Waals surface area contributed by atoms with Gasteiger partial charge in [-0.1, -0.05) is 75.5 Å². The summed E-state index contributed by atoms with van der Waals surface area (Å²) in [5.41, 5.74) is 2.83. The van der Waals surface area contributed by atoms with E-state index in [1.54, 1.807) is 12.1 Å². The molecule has 1 aliphatic rings. The van der Waals surface area contributed by atoms with Crippen molar-refractivity contribution in [1.29, 1.82) is 5.26 Å². The highest BCUT2D eigenvalue weighted by molar-refractivity contribution is 6.31. The third-order valence-corrected chi connectivity index (χ3v) is 4.90. The second kappa shape index (κ2) is 14.3. The van der Waals surface area contributed by atoms with Gasteiger partial charge in [-0.2, -0.15) is 5.26 Å². The molecule has 3 heteroatoms. The summed E-state index contributed by atoms with van der Waals surface area (Å²) in [6.07, 6.45) is 6.38. The van der Waals surface area contributed by atoms with Gasteiger partial charge >= 0.3 is 0 Å². The summed E-state index contributed by atoms with van der Waals surface area (Å²) in [7, 11) is 0. The average Bonchev–Trinajstić information content (AvgIpc) is 2.69. The maximum Gasteiger partial charge on any atom is 0.0991 e. The van der Waals surface area contributed by atoms with Crippen LogP contribution in [0.15, 0.2) is 48.5 Å². The number of nitriles is 1. The van der Waals surface area contributed by atoms with Gasteiger partial charge in [0.25, 0.3) is 0 Å². The average molecular weight is 385 g/mol. The second-order valence-corrected chi connectivity index (χ2v) is 7.13. The van der Waals surface area contributed by atoms with Crippen LogP contribution in [0.5, 0.6) is 0 Å². The Hall–Kier alpha value is -1.82. The van der Waals surface area contributed by atoms with Crippen molar-refractivity contribution in [2.75, 3.05) is 13.1 Å². The Morgan fingerprint density at radius 3 is 2.48 bits per heavy atom. The molecule has 0 spiro atoms. The SMILES string of the molecule is CC.CC1CCCCNCC1.N#Cc1ccc(Cl)c(Cc2ccccc2)c1. The summed E-state index contributed by atoms with van der Waals surface area (Å²) < 4.78 is 0. The largest absolute Gasteiger partial charge is 0.317 e. The first-order valence-corrected chi connectivity index (χ1v) is 10.5. The van der Waals surface area contributed by atoms with E-state index >= 15 is 0 Å². The molecule has 0 radical (unpaired) electrons. The molecule has 1 unspecified atom stereocenters. The number of halogens is 1. The highest BCUT2D eigenvalue weighted by Crippen LogP contribution is 2.20. The summed E-state index contributed by atoms with van der Waals surface area (Å²) in [4.78, 5) is 0. The molecule has 1 aliphatic heterocycles. The Morgan fingerprint density at radius 2 is 1.78 bits per heavy atom. The van der Waals surface area contributed by atoms with Crippen molar-refractivity contribution in [1.82, 2.24) is 5.32 Å². The lowest BCUT2D eigenvalue weighted by atomic mass is 9.99. The highest BCUT2D eigenvalue weighted by atomic mass is 35.5. The first-order chi connectivity index (χ1) is 13.2. The van der Waals surface area contributed by atoms with Crippen molar-refractivity contribution in [2.24, 2.45) is 5.92 Å².